The number of rotatable bonds is 3. The van der Waals surface area contributed by atoms with Crippen molar-refractivity contribution >= 4 is 27.5 Å². The number of aliphatic carboxylic acids is 1. The van der Waals surface area contributed by atoms with Crippen molar-refractivity contribution in [2.75, 3.05) is 0 Å². The molecule has 1 N–H and O–H groups in total. The first-order valence-corrected chi connectivity index (χ1v) is 6.29. The minimum atomic E-state index is -0.784. The summed E-state index contributed by atoms with van der Waals surface area (Å²) < 4.78 is 1.12. The quantitative estimate of drug-likeness (QED) is 0.908. The van der Waals surface area contributed by atoms with E-state index in [9.17, 15) is 4.79 Å². The van der Waals surface area contributed by atoms with Gasteiger partial charge in [-0.1, -0.05) is 6.07 Å². The molecule has 0 atom stereocenters. The number of nitrogens with zero attached hydrogens (tertiary/aromatic N) is 1. The molecule has 0 aliphatic rings. The number of carboxylic acids is 1. The smallest absolute Gasteiger partial charge is 0.309 e. The SMILES string of the molecule is Cc1ccc2sc(CC(C)(C)C(=O)O)nc2c1. The first kappa shape index (κ1) is 12.0. The van der Waals surface area contributed by atoms with Crippen molar-refractivity contribution in [3.05, 3.63) is 28.8 Å². The Labute approximate surface area is 104 Å². The summed E-state index contributed by atoms with van der Waals surface area (Å²) >= 11 is 1.58. The van der Waals surface area contributed by atoms with Crippen LogP contribution in [0.5, 0.6) is 0 Å². The number of hydrogen-bond donors (Lipinski definition) is 1. The number of benzene rings is 1. The van der Waals surface area contributed by atoms with Gasteiger partial charge in [0.05, 0.1) is 20.6 Å². The van der Waals surface area contributed by atoms with Crippen molar-refractivity contribution < 1.29 is 9.90 Å². The fourth-order valence-electron chi connectivity index (χ4n) is 1.61. The molecule has 0 fully saturated rings. The highest BCUT2D eigenvalue weighted by atomic mass is 32.1. The molecule has 1 aromatic heterocycles. The molecule has 0 amide bonds. The van der Waals surface area contributed by atoms with E-state index in [0.717, 1.165) is 15.2 Å². The van der Waals surface area contributed by atoms with E-state index in [4.69, 9.17) is 5.11 Å². The van der Waals surface area contributed by atoms with Crippen molar-refractivity contribution in [3.8, 4) is 0 Å². The van der Waals surface area contributed by atoms with E-state index in [2.05, 4.69) is 4.98 Å². The number of fused-ring (bicyclic) bond motifs is 1. The summed E-state index contributed by atoms with van der Waals surface area (Å²) in [5.41, 5.74) is 1.38. The van der Waals surface area contributed by atoms with Crippen LogP contribution in [0.15, 0.2) is 18.2 Å². The molecule has 2 aromatic rings. The molecule has 0 radical (unpaired) electrons. The number of aryl methyl sites for hydroxylation is 1. The Bertz CT molecular complexity index is 572. The monoisotopic (exact) mass is 249 g/mol. The molecule has 0 aliphatic heterocycles. The van der Waals surface area contributed by atoms with Crippen LogP contribution in [0.4, 0.5) is 0 Å². The van der Waals surface area contributed by atoms with Crippen LogP contribution in [-0.4, -0.2) is 16.1 Å². The Kier molecular flexibility index (Phi) is 2.91. The summed E-state index contributed by atoms with van der Waals surface area (Å²) in [6.45, 7) is 5.49. The average molecular weight is 249 g/mol. The third-order valence-electron chi connectivity index (χ3n) is 2.76. The fraction of sp³-hybridized carbons (Fsp3) is 0.385. The van der Waals surface area contributed by atoms with Gasteiger partial charge in [-0.15, -0.1) is 11.3 Å². The van der Waals surface area contributed by atoms with Gasteiger partial charge in [-0.05, 0) is 38.5 Å². The van der Waals surface area contributed by atoms with E-state index in [1.807, 2.05) is 25.1 Å². The van der Waals surface area contributed by atoms with Crippen molar-refractivity contribution in [3.63, 3.8) is 0 Å². The maximum atomic E-state index is 11.1. The lowest BCUT2D eigenvalue weighted by Gasteiger charge is -2.16. The van der Waals surface area contributed by atoms with E-state index in [0.29, 0.717) is 6.42 Å². The molecule has 3 nitrogen and oxygen atoms in total. The van der Waals surface area contributed by atoms with Crippen LogP contribution in [0.25, 0.3) is 10.2 Å². The number of hydrogen-bond acceptors (Lipinski definition) is 3. The van der Waals surface area contributed by atoms with Crippen LogP contribution in [-0.2, 0) is 11.2 Å². The van der Waals surface area contributed by atoms with Crippen LogP contribution in [0.3, 0.4) is 0 Å². The molecule has 0 saturated heterocycles. The zero-order valence-electron chi connectivity index (χ0n) is 10.2. The van der Waals surface area contributed by atoms with Crippen molar-refractivity contribution in [1.29, 1.82) is 0 Å². The maximum Gasteiger partial charge on any atom is 0.309 e. The topological polar surface area (TPSA) is 50.2 Å². The Morgan fingerprint density at radius 2 is 2.18 bits per heavy atom. The lowest BCUT2D eigenvalue weighted by Crippen LogP contribution is -2.26. The van der Waals surface area contributed by atoms with E-state index in [-0.39, 0.29) is 0 Å². The van der Waals surface area contributed by atoms with Gasteiger partial charge in [-0.3, -0.25) is 4.79 Å². The second-order valence-electron chi connectivity index (χ2n) is 4.94. The lowest BCUT2D eigenvalue weighted by atomic mass is 9.90. The molecular formula is C13H15NO2S. The first-order valence-electron chi connectivity index (χ1n) is 5.48. The summed E-state index contributed by atoms with van der Waals surface area (Å²) in [4.78, 5) is 15.6. The highest BCUT2D eigenvalue weighted by Crippen LogP contribution is 2.29. The van der Waals surface area contributed by atoms with Gasteiger partial charge in [0, 0.05) is 6.42 Å². The molecule has 0 unspecified atom stereocenters. The van der Waals surface area contributed by atoms with E-state index in [1.165, 1.54) is 5.56 Å². The number of aromatic nitrogens is 1. The summed E-state index contributed by atoms with van der Waals surface area (Å²) in [5.74, 6) is -0.784. The third-order valence-corrected chi connectivity index (χ3v) is 3.80. The highest BCUT2D eigenvalue weighted by molar-refractivity contribution is 7.18. The number of carbonyl (C=O) groups is 1. The zero-order chi connectivity index (χ0) is 12.6. The van der Waals surface area contributed by atoms with Gasteiger partial charge >= 0.3 is 5.97 Å². The summed E-state index contributed by atoms with van der Waals surface area (Å²) in [6, 6.07) is 6.12. The van der Waals surface area contributed by atoms with Gasteiger partial charge in [0.2, 0.25) is 0 Å². The number of thiazole rings is 1. The molecule has 90 valence electrons. The molecule has 17 heavy (non-hydrogen) atoms. The highest BCUT2D eigenvalue weighted by Gasteiger charge is 2.28. The van der Waals surface area contributed by atoms with Crippen molar-refractivity contribution in [2.24, 2.45) is 5.41 Å². The average Bonchev–Trinajstić information content (AvgIpc) is 2.57. The van der Waals surface area contributed by atoms with Gasteiger partial charge in [-0.25, -0.2) is 4.98 Å². The van der Waals surface area contributed by atoms with E-state index < -0.39 is 11.4 Å². The normalized spacial score (nSPS) is 11.9. The molecule has 0 saturated carbocycles. The molecule has 4 heteroatoms. The molecule has 0 bridgehead atoms. The summed E-state index contributed by atoms with van der Waals surface area (Å²) in [5, 5.41) is 9.99. The molecule has 1 heterocycles. The summed E-state index contributed by atoms with van der Waals surface area (Å²) in [6.07, 6.45) is 0.473. The van der Waals surface area contributed by atoms with Crippen LogP contribution in [0.2, 0.25) is 0 Å². The van der Waals surface area contributed by atoms with Crippen molar-refractivity contribution in [2.45, 2.75) is 27.2 Å². The summed E-state index contributed by atoms with van der Waals surface area (Å²) in [7, 11) is 0. The van der Waals surface area contributed by atoms with Gasteiger partial charge in [0.1, 0.15) is 0 Å². The Morgan fingerprint density at radius 3 is 2.82 bits per heavy atom. The fourth-order valence-corrected chi connectivity index (χ4v) is 2.79. The van der Waals surface area contributed by atoms with Crippen molar-refractivity contribution in [1.82, 2.24) is 4.98 Å². The Balaban J connectivity index is 2.34. The van der Waals surface area contributed by atoms with E-state index in [1.54, 1.807) is 25.2 Å². The predicted octanol–water partition coefficient (Wildman–Crippen LogP) is 3.26. The molecular weight excluding hydrogens is 234 g/mol. The van der Waals surface area contributed by atoms with Crippen LogP contribution >= 0.6 is 11.3 Å². The van der Waals surface area contributed by atoms with Gasteiger partial charge in [-0.2, -0.15) is 0 Å². The molecule has 0 aliphatic carbocycles. The largest absolute Gasteiger partial charge is 0.481 e. The standard InChI is InChI=1S/C13H15NO2S/c1-8-4-5-10-9(6-8)14-11(17-10)7-13(2,3)12(15)16/h4-6H,7H2,1-3H3,(H,15,16). The Morgan fingerprint density at radius 1 is 1.47 bits per heavy atom. The van der Waals surface area contributed by atoms with Crippen LogP contribution in [0.1, 0.15) is 24.4 Å². The lowest BCUT2D eigenvalue weighted by molar-refractivity contribution is -0.146. The van der Waals surface area contributed by atoms with Gasteiger partial charge in [0.25, 0.3) is 0 Å². The van der Waals surface area contributed by atoms with Gasteiger partial charge < -0.3 is 5.11 Å². The first-order chi connectivity index (χ1) is 7.88. The van der Waals surface area contributed by atoms with Crippen LogP contribution in [0, 0.1) is 12.3 Å². The molecule has 2 rings (SSSR count). The van der Waals surface area contributed by atoms with E-state index >= 15 is 0 Å². The third kappa shape index (κ3) is 2.47. The minimum Gasteiger partial charge on any atom is -0.481 e. The van der Waals surface area contributed by atoms with Gasteiger partial charge in [0.15, 0.2) is 0 Å². The Hall–Kier alpha value is -1.42. The second kappa shape index (κ2) is 4.11. The second-order valence-corrected chi connectivity index (χ2v) is 6.06. The number of carboxylic acid groups (broad SMARTS) is 1. The predicted molar refractivity (Wildman–Crippen MR) is 69.5 cm³/mol. The minimum absolute atomic E-state index is 0.473. The zero-order valence-corrected chi connectivity index (χ0v) is 11.0. The molecule has 0 spiro atoms. The van der Waals surface area contributed by atoms with Crippen LogP contribution < -0.4 is 0 Å². The maximum absolute atomic E-state index is 11.1. The molecule has 1 aromatic carbocycles.